The number of benzene rings is 1. The van der Waals surface area contributed by atoms with Gasteiger partial charge in [-0.25, -0.2) is 9.66 Å². The Labute approximate surface area is 139 Å². The fourth-order valence-corrected chi connectivity index (χ4v) is 2.95. The fraction of sp³-hybridized carbons (Fsp3) is 0.176. The zero-order valence-electron chi connectivity index (χ0n) is 12.7. The molecule has 5 nitrogen and oxygen atoms in total. The molecule has 2 aromatic heterocycles. The number of rotatable bonds is 2. The molecule has 1 aromatic carbocycles. The van der Waals surface area contributed by atoms with E-state index in [1.807, 2.05) is 36.4 Å². The van der Waals surface area contributed by atoms with Crippen LogP contribution in [0.5, 0.6) is 0 Å². The minimum atomic E-state index is 0.721. The van der Waals surface area contributed by atoms with Crippen LogP contribution in [0, 0.1) is 0 Å². The first kappa shape index (κ1) is 14.1. The van der Waals surface area contributed by atoms with E-state index in [2.05, 4.69) is 27.0 Å². The van der Waals surface area contributed by atoms with Gasteiger partial charge in [-0.2, -0.15) is 0 Å². The maximum absolute atomic E-state index is 6.03. The molecule has 0 aliphatic carbocycles. The van der Waals surface area contributed by atoms with Crippen LogP contribution in [-0.2, 0) is 0 Å². The molecule has 0 bridgehead atoms. The van der Waals surface area contributed by atoms with Gasteiger partial charge in [-0.1, -0.05) is 23.7 Å². The Morgan fingerprint density at radius 1 is 1.04 bits per heavy atom. The summed E-state index contributed by atoms with van der Waals surface area (Å²) in [5.74, 6) is 0.910. The lowest BCUT2D eigenvalue weighted by Gasteiger charge is -2.27. The van der Waals surface area contributed by atoms with Crippen LogP contribution in [0.1, 0.15) is 0 Å². The quantitative estimate of drug-likeness (QED) is 0.785. The van der Waals surface area contributed by atoms with Crippen molar-refractivity contribution in [1.29, 1.82) is 0 Å². The maximum atomic E-state index is 6.03. The second-order valence-corrected chi connectivity index (χ2v) is 5.95. The average Bonchev–Trinajstić information content (AvgIpc) is 2.97. The van der Waals surface area contributed by atoms with Gasteiger partial charge in [-0.3, -0.25) is 4.98 Å². The molecule has 23 heavy (non-hydrogen) atoms. The van der Waals surface area contributed by atoms with Gasteiger partial charge in [-0.05, 0) is 24.3 Å². The molecular weight excluding hydrogens is 310 g/mol. The van der Waals surface area contributed by atoms with E-state index >= 15 is 0 Å². The number of fused-ring (bicyclic) bond motifs is 1. The van der Waals surface area contributed by atoms with Crippen LogP contribution >= 0.6 is 11.6 Å². The first-order chi connectivity index (χ1) is 11.2. The first-order valence-electron chi connectivity index (χ1n) is 7.48. The number of nitrogens with one attached hydrogen (secondary N) is 1. The van der Waals surface area contributed by atoms with E-state index in [9.17, 15) is 0 Å². The molecule has 0 spiro atoms. The first-order valence-corrected chi connectivity index (χ1v) is 7.86. The minimum absolute atomic E-state index is 0.721. The molecule has 3 aromatic rings. The van der Waals surface area contributed by atoms with Gasteiger partial charge in [0.1, 0.15) is 5.69 Å². The van der Waals surface area contributed by atoms with Crippen LogP contribution < -0.4 is 10.3 Å². The van der Waals surface area contributed by atoms with E-state index in [-0.39, 0.29) is 0 Å². The van der Waals surface area contributed by atoms with Crippen molar-refractivity contribution in [2.45, 2.75) is 0 Å². The molecule has 0 saturated carbocycles. The van der Waals surface area contributed by atoms with Gasteiger partial charge in [0.05, 0.1) is 5.69 Å². The lowest BCUT2D eigenvalue weighted by Crippen LogP contribution is -2.37. The molecule has 0 saturated heterocycles. The molecule has 0 unspecified atom stereocenters. The van der Waals surface area contributed by atoms with Crippen LogP contribution in [-0.4, -0.2) is 34.8 Å². The molecule has 0 amide bonds. The van der Waals surface area contributed by atoms with Crippen LogP contribution in [0.3, 0.4) is 0 Å². The Hall–Kier alpha value is -2.53. The average molecular weight is 326 g/mol. The second-order valence-electron chi connectivity index (χ2n) is 5.52. The summed E-state index contributed by atoms with van der Waals surface area (Å²) in [6, 6.07) is 11.8. The summed E-state index contributed by atoms with van der Waals surface area (Å²) in [5.41, 5.74) is 7.52. The molecule has 0 fully saturated rings. The SMILES string of the molecule is CN1CCNn2c1nc(-c1ccc(Cl)cc1)c2-c1ccncc1. The molecule has 3 heterocycles. The highest BCUT2D eigenvalue weighted by atomic mass is 35.5. The summed E-state index contributed by atoms with van der Waals surface area (Å²) in [4.78, 5) is 11.1. The third-order valence-electron chi connectivity index (χ3n) is 3.99. The number of nitrogens with zero attached hydrogens (tertiary/aromatic N) is 4. The lowest BCUT2D eigenvalue weighted by molar-refractivity contribution is 0.718. The van der Waals surface area contributed by atoms with E-state index in [1.54, 1.807) is 12.4 Å². The second kappa shape index (κ2) is 5.59. The number of aromatic nitrogens is 3. The highest BCUT2D eigenvalue weighted by Crippen LogP contribution is 2.35. The Balaban J connectivity index is 1.96. The van der Waals surface area contributed by atoms with Crippen LogP contribution in [0.15, 0.2) is 48.8 Å². The van der Waals surface area contributed by atoms with Crippen LogP contribution in [0.4, 0.5) is 5.95 Å². The molecule has 1 aliphatic rings. The Kier molecular flexibility index (Phi) is 3.42. The summed E-state index contributed by atoms with van der Waals surface area (Å²) in [7, 11) is 2.06. The predicted molar refractivity (Wildman–Crippen MR) is 93.4 cm³/mol. The summed E-state index contributed by atoms with van der Waals surface area (Å²) >= 11 is 6.03. The number of hydrogen-bond donors (Lipinski definition) is 1. The van der Waals surface area contributed by atoms with Crippen molar-refractivity contribution in [3.05, 3.63) is 53.8 Å². The van der Waals surface area contributed by atoms with Gasteiger partial charge in [0.15, 0.2) is 0 Å². The molecule has 0 radical (unpaired) electrons. The van der Waals surface area contributed by atoms with Gasteiger partial charge >= 0.3 is 0 Å². The third kappa shape index (κ3) is 2.43. The van der Waals surface area contributed by atoms with Gasteiger partial charge in [0.2, 0.25) is 5.95 Å². The Bertz CT molecular complexity index is 826. The number of halogens is 1. The third-order valence-corrected chi connectivity index (χ3v) is 4.24. The highest BCUT2D eigenvalue weighted by Gasteiger charge is 2.24. The summed E-state index contributed by atoms with van der Waals surface area (Å²) in [6.07, 6.45) is 3.60. The van der Waals surface area contributed by atoms with E-state index in [0.717, 1.165) is 46.6 Å². The van der Waals surface area contributed by atoms with Crippen LogP contribution in [0.2, 0.25) is 5.02 Å². The summed E-state index contributed by atoms with van der Waals surface area (Å²) in [6.45, 7) is 1.80. The van der Waals surface area contributed by atoms with Crippen LogP contribution in [0.25, 0.3) is 22.5 Å². The van der Waals surface area contributed by atoms with E-state index in [4.69, 9.17) is 16.6 Å². The molecular formula is C17H16ClN5. The smallest absolute Gasteiger partial charge is 0.225 e. The largest absolute Gasteiger partial charge is 0.342 e. The summed E-state index contributed by atoms with van der Waals surface area (Å²) in [5, 5.41) is 0.721. The monoisotopic (exact) mass is 325 g/mol. The molecule has 116 valence electrons. The zero-order valence-corrected chi connectivity index (χ0v) is 13.5. The standard InChI is InChI=1S/C17H16ClN5/c1-22-11-10-20-23-16(13-6-8-19-9-7-13)15(21-17(22)23)12-2-4-14(18)5-3-12/h2-9,20H,10-11H2,1H3. The Morgan fingerprint density at radius 2 is 1.78 bits per heavy atom. The molecule has 1 N–H and O–H groups in total. The lowest BCUT2D eigenvalue weighted by atomic mass is 10.1. The number of likely N-dealkylation sites (N-methyl/N-ethyl adjacent to an activating group) is 1. The fourth-order valence-electron chi connectivity index (χ4n) is 2.83. The van der Waals surface area contributed by atoms with Crippen molar-refractivity contribution >= 4 is 17.5 Å². The molecule has 4 rings (SSSR count). The van der Waals surface area contributed by atoms with Gasteiger partial charge in [0.25, 0.3) is 0 Å². The summed E-state index contributed by atoms with van der Waals surface area (Å²) < 4.78 is 2.06. The van der Waals surface area contributed by atoms with E-state index < -0.39 is 0 Å². The number of pyridine rings is 1. The van der Waals surface area contributed by atoms with Gasteiger partial charge in [0, 0.05) is 48.7 Å². The Morgan fingerprint density at radius 3 is 2.52 bits per heavy atom. The topological polar surface area (TPSA) is 46.0 Å². The van der Waals surface area contributed by atoms with Gasteiger partial charge < -0.3 is 10.3 Å². The van der Waals surface area contributed by atoms with Crippen molar-refractivity contribution in [2.75, 3.05) is 30.5 Å². The van der Waals surface area contributed by atoms with Crippen molar-refractivity contribution in [3.63, 3.8) is 0 Å². The van der Waals surface area contributed by atoms with Crippen molar-refractivity contribution in [2.24, 2.45) is 0 Å². The maximum Gasteiger partial charge on any atom is 0.225 e. The van der Waals surface area contributed by atoms with Crippen molar-refractivity contribution < 1.29 is 0 Å². The number of anilines is 1. The predicted octanol–water partition coefficient (Wildman–Crippen LogP) is 3.26. The van der Waals surface area contributed by atoms with Crippen molar-refractivity contribution in [3.8, 4) is 22.5 Å². The minimum Gasteiger partial charge on any atom is -0.342 e. The number of imidazole rings is 1. The highest BCUT2D eigenvalue weighted by molar-refractivity contribution is 6.30. The zero-order chi connectivity index (χ0) is 15.8. The van der Waals surface area contributed by atoms with E-state index in [0.29, 0.717) is 0 Å². The normalized spacial score (nSPS) is 13.6. The molecule has 0 atom stereocenters. The molecule has 1 aliphatic heterocycles. The molecule has 6 heteroatoms. The van der Waals surface area contributed by atoms with E-state index in [1.165, 1.54) is 0 Å². The van der Waals surface area contributed by atoms with Crippen molar-refractivity contribution in [1.82, 2.24) is 14.6 Å². The number of hydrogen-bond acceptors (Lipinski definition) is 4. The van der Waals surface area contributed by atoms with Gasteiger partial charge in [-0.15, -0.1) is 0 Å².